The maximum atomic E-state index is 14.4. The lowest BCUT2D eigenvalue weighted by molar-refractivity contribution is 0.0630. The standard InChI is InChI=1S/C42H50N6O5S/c1-4-46-24-31-21-30(46)25-47(31)42(50)36-22-43-45(2)39(36)29-18-28-19-32(53-3)15-17-34(28)40-38(26-10-6-5-7-11-26)35-16-14-27(20-37(35)48(40)23-29)41(49)44-54(51,52)33-12-8-9-13-33/h14-20,22,26,30-31,33H,4-13,21,23-25H2,1-3H3,(H,44,49)/t30-,31?/m1/s1. The van der Waals surface area contributed by atoms with Crippen molar-refractivity contribution in [2.24, 2.45) is 7.05 Å². The van der Waals surface area contributed by atoms with Gasteiger partial charge in [-0.3, -0.25) is 19.2 Å². The van der Waals surface area contributed by atoms with Gasteiger partial charge in [0.25, 0.3) is 11.8 Å². The molecule has 54 heavy (non-hydrogen) atoms. The zero-order valence-corrected chi connectivity index (χ0v) is 32.3. The molecule has 9 rings (SSSR count). The van der Waals surface area contributed by atoms with Gasteiger partial charge in [-0.25, -0.2) is 13.1 Å². The van der Waals surface area contributed by atoms with Crippen molar-refractivity contribution in [2.45, 2.75) is 101 Å². The number of allylic oxidation sites excluding steroid dienone is 1. The summed E-state index contributed by atoms with van der Waals surface area (Å²) in [6.45, 7) is 5.23. The molecule has 5 aliphatic rings. The van der Waals surface area contributed by atoms with Crippen LogP contribution in [0.5, 0.6) is 5.75 Å². The van der Waals surface area contributed by atoms with Gasteiger partial charge in [0, 0.05) is 54.3 Å². The van der Waals surface area contributed by atoms with Gasteiger partial charge in [-0.1, -0.05) is 45.1 Å². The zero-order valence-electron chi connectivity index (χ0n) is 31.5. The van der Waals surface area contributed by atoms with E-state index in [1.807, 2.05) is 34.8 Å². The second-order valence-corrected chi connectivity index (χ2v) is 18.0. The molecule has 2 aliphatic carbocycles. The Morgan fingerprint density at radius 2 is 1.72 bits per heavy atom. The highest BCUT2D eigenvalue weighted by Gasteiger charge is 2.45. The number of hydrogen-bond donors (Lipinski definition) is 1. The average molecular weight is 751 g/mol. The lowest BCUT2D eigenvalue weighted by atomic mass is 9.81. The molecule has 4 aromatic rings. The number of likely N-dealkylation sites (N-methyl/N-ethyl adjacent to an activating group) is 1. The van der Waals surface area contributed by atoms with Crippen LogP contribution in [0.2, 0.25) is 0 Å². The molecular formula is C42H50N6O5S. The molecule has 12 heteroatoms. The molecule has 2 saturated carbocycles. The van der Waals surface area contributed by atoms with Gasteiger partial charge in [-0.05, 0) is 97.7 Å². The lowest BCUT2D eigenvalue weighted by Gasteiger charge is -2.33. The first-order valence-corrected chi connectivity index (χ1v) is 21.4. The SMILES string of the molecule is CCN1CC2C[C@@H]1CN2C(=O)c1cnn(C)c1C1=Cc2cc(OC)ccc2-c2c(C3CCCCC3)c3ccc(C(=O)NS(=O)(=O)C4CCCC4)cc3n2C1. The largest absolute Gasteiger partial charge is 0.497 e. The van der Waals surface area contributed by atoms with Crippen molar-refractivity contribution < 1.29 is 22.7 Å². The quantitative estimate of drug-likeness (QED) is 0.216. The summed E-state index contributed by atoms with van der Waals surface area (Å²) >= 11 is 0. The molecule has 11 nitrogen and oxygen atoms in total. The molecule has 0 radical (unpaired) electrons. The number of nitrogens with zero attached hydrogens (tertiary/aromatic N) is 5. The van der Waals surface area contributed by atoms with Crippen molar-refractivity contribution in [2.75, 3.05) is 26.7 Å². The first-order chi connectivity index (χ1) is 26.1. The fourth-order valence-electron chi connectivity index (χ4n) is 10.3. The van der Waals surface area contributed by atoms with Gasteiger partial charge in [0.15, 0.2) is 0 Å². The molecule has 2 saturated heterocycles. The minimum Gasteiger partial charge on any atom is -0.497 e. The molecule has 284 valence electrons. The van der Waals surface area contributed by atoms with Crippen LogP contribution >= 0.6 is 0 Å². The van der Waals surface area contributed by atoms with Crippen molar-refractivity contribution in [1.82, 2.24) is 28.9 Å². The van der Waals surface area contributed by atoms with Crippen LogP contribution < -0.4 is 9.46 Å². The van der Waals surface area contributed by atoms with Crippen LogP contribution in [0.25, 0.3) is 33.8 Å². The lowest BCUT2D eigenvalue weighted by Crippen LogP contribution is -2.48. The molecule has 2 aromatic heterocycles. The molecule has 1 unspecified atom stereocenters. The maximum Gasteiger partial charge on any atom is 0.264 e. The summed E-state index contributed by atoms with van der Waals surface area (Å²) in [6, 6.07) is 12.5. The Balaban J connectivity index is 1.19. The number of hydrogen-bond acceptors (Lipinski definition) is 7. The highest BCUT2D eigenvalue weighted by atomic mass is 32.2. The fourth-order valence-corrected chi connectivity index (χ4v) is 11.8. The summed E-state index contributed by atoms with van der Waals surface area (Å²) in [5, 5.41) is 5.21. The second-order valence-electron chi connectivity index (χ2n) is 16.0. The molecule has 2 atom stereocenters. The Kier molecular flexibility index (Phi) is 8.96. The van der Waals surface area contributed by atoms with Crippen molar-refractivity contribution >= 4 is 44.4 Å². The Morgan fingerprint density at radius 3 is 2.44 bits per heavy atom. The fraction of sp³-hybridized carbons (Fsp3) is 0.500. The van der Waals surface area contributed by atoms with Crippen LogP contribution in [0, 0.1) is 0 Å². The number of fused-ring (bicyclic) bond motifs is 7. The van der Waals surface area contributed by atoms with E-state index in [2.05, 4.69) is 44.4 Å². The molecule has 3 aliphatic heterocycles. The monoisotopic (exact) mass is 750 g/mol. The van der Waals surface area contributed by atoms with E-state index in [9.17, 15) is 18.0 Å². The van der Waals surface area contributed by atoms with E-state index in [1.54, 1.807) is 19.4 Å². The number of nitrogens with one attached hydrogen (secondary N) is 1. The third-order valence-electron chi connectivity index (χ3n) is 13.0. The van der Waals surface area contributed by atoms with Gasteiger partial charge in [0.05, 0.1) is 42.1 Å². The zero-order chi connectivity index (χ0) is 37.3. The molecule has 5 heterocycles. The number of ether oxygens (including phenoxy) is 1. The topological polar surface area (TPSA) is 119 Å². The number of aryl methyl sites for hydroxylation is 1. The van der Waals surface area contributed by atoms with Crippen LogP contribution in [-0.2, 0) is 23.6 Å². The molecule has 1 N–H and O–H groups in total. The van der Waals surface area contributed by atoms with Gasteiger partial charge >= 0.3 is 0 Å². The van der Waals surface area contributed by atoms with Crippen LogP contribution in [-0.4, -0.2) is 88.5 Å². The number of sulfonamides is 1. The highest BCUT2D eigenvalue weighted by molar-refractivity contribution is 7.90. The Morgan fingerprint density at radius 1 is 0.944 bits per heavy atom. The average Bonchev–Trinajstić information content (AvgIpc) is 4.03. The predicted molar refractivity (Wildman–Crippen MR) is 210 cm³/mol. The number of aromatic nitrogens is 3. The number of likely N-dealkylation sites (tertiary alicyclic amines) is 2. The highest BCUT2D eigenvalue weighted by Crippen LogP contribution is 2.48. The van der Waals surface area contributed by atoms with Crippen molar-refractivity contribution in [3.63, 3.8) is 0 Å². The van der Waals surface area contributed by atoms with E-state index in [0.29, 0.717) is 42.5 Å². The first kappa shape index (κ1) is 35.3. The van der Waals surface area contributed by atoms with Crippen molar-refractivity contribution in [3.8, 4) is 17.0 Å². The molecule has 0 spiro atoms. The van der Waals surface area contributed by atoms with E-state index in [-0.39, 0.29) is 11.9 Å². The van der Waals surface area contributed by atoms with Crippen molar-refractivity contribution in [3.05, 3.63) is 70.5 Å². The second kappa shape index (κ2) is 13.7. The third kappa shape index (κ3) is 5.87. The predicted octanol–water partition coefficient (Wildman–Crippen LogP) is 6.57. The number of piperazine rings is 1. The van der Waals surface area contributed by atoms with Crippen LogP contribution in [0.3, 0.4) is 0 Å². The summed E-state index contributed by atoms with van der Waals surface area (Å²) in [7, 11) is -0.217. The van der Waals surface area contributed by atoms with Gasteiger partial charge in [0.2, 0.25) is 10.0 Å². The number of carbonyl (C=O) groups excluding carboxylic acids is 2. The van der Waals surface area contributed by atoms with Crippen molar-refractivity contribution in [1.29, 1.82) is 0 Å². The summed E-state index contributed by atoms with van der Waals surface area (Å²) in [4.78, 5) is 32.7. The van der Waals surface area contributed by atoms with Gasteiger partial charge in [-0.2, -0.15) is 5.10 Å². The minimum absolute atomic E-state index is 0.0141. The minimum atomic E-state index is -3.79. The summed E-state index contributed by atoms with van der Waals surface area (Å²) in [5.41, 5.74) is 7.89. The Bertz CT molecular complexity index is 2290. The van der Waals surface area contributed by atoms with Crippen LogP contribution in [0.15, 0.2) is 42.6 Å². The van der Waals surface area contributed by atoms with E-state index in [4.69, 9.17) is 4.74 Å². The van der Waals surface area contributed by atoms with Crippen LogP contribution in [0.1, 0.15) is 115 Å². The smallest absolute Gasteiger partial charge is 0.264 e. The van der Waals surface area contributed by atoms with E-state index in [0.717, 1.165) is 109 Å². The summed E-state index contributed by atoms with van der Waals surface area (Å²) in [5.74, 6) is 0.485. The molecule has 2 amide bonds. The van der Waals surface area contributed by atoms with E-state index in [1.165, 1.54) is 12.0 Å². The summed E-state index contributed by atoms with van der Waals surface area (Å²) in [6.07, 6.45) is 13.4. The van der Waals surface area contributed by atoms with Gasteiger partial charge in [0.1, 0.15) is 5.75 Å². The first-order valence-electron chi connectivity index (χ1n) is 19.8. The molecule has 4 fully saturated rings. The van der Waals surface area contributed by atoms with Crippen LogP contribution in [0.4, 0.5) is 0 Å². The van der Waals surface area contributed by atoms with E-state index < -0.39 is 21.2 Å². The Labute approximate surface area is 317 Å². The molecular weight excluding hydrogens is 701 g/mol. The Hall–Kier alpha value is -4.42. The van der Waals surface area contributed by atoms with Gasteiger partial charge in [-0.15, -0.1) is 0 Å². The number of carbonyl (C=O) groups is 2. The van der Waals surface area contributed by atoms with E-state index >= 15 is 0 Å². The number of rotatable bonds is 8. The maximum absolute atomic E-state index is 14.4. The number of benzene rings is 2. The van der Waals surface area contributed by atoms with Gasteiger partial charge < -0.3 is 14.2 Å². The number of methoxy groups -OCH3 is 1. The third-order valence-corrected chi connectivity index (χ3v) is 14.8. The normalized spacial score (nSPS) is 22.0. The molecule has 2 bridgehead atoms. The number of amides is 2. The molecule has 2 aromatic carbocycles. The summed E-state index contributed by atoms with van der Waals surface area (Å²) < 4.78 is 38.7.